The lowest BCUT2D eigenvalue weighted by Crippen LogP contribution is -2.00. The second-order valence-electron chi connectivity index (χ2n) is 3.42. The van der Waals surface area contributed by atoms with Crippen molar-refractivity contribution in [1.82, 2.24) is 0 Å². The zero-order chi connectivity index (χ0) is 11.1. The number of rotatable bonds is 6. The third-order valence-electron chi connectivity index (χ3n) is 2.05. The molecule has 1 aromatic rings. The zero-order valence-electron chi connectivity index (χ0n) is 9.31. The summed E-state index contributed by atoms with van der Waals surface area (Å²) >= 11 is 0. The molecular formula is C12H17ClO3. The van der Waals surface area contributed by atoms with Gasteiger partial charge in [-0.05, 0) is 24.1 Å². The van der Waals surface area contributed by atoms with Crippen LogP contribution in [0.5, 0.6) is 5.75 Å². The van der Waals surface area contributed by atoms with E-state index in [-0.39, 0.29) is 18.8 Å². The molecule has 0 atom stereocenters. The maximum absolute atomic E-state index is 10.4. The Balaban J connectivity index is 0.00000225. The summed E-state index contributed by atoms with van der Waals surface area (Å²) in [5.41, 5.74) is 0.797. The van der Waals surface area contributed by atoms with Gasteiger partial charge in [0.2, 0.25) is 0 Å². The second-order valence-corrected chi connectivity index (χ2v) is 3.42. The van der Waals surface area contributed by atoms with Crippen molar-refractivity contribution < 1.29 is 14.6 Å². The minimum atomic E-state index is -0.811. The summed E-state index contributed by atoms with van der Waals surface area (Å²) in [7, 11) is 0. The first kappa shape index (κ1) is 14.8. The Hall–Kier alpha value is -1.22. The predicted octanol–water partition coefficient (Wildman–Crippen LogP) is 2.91. The van der Waals surface area contributed by atoms with Crippen LogP contribution in [0.1, 0.15) is 25.3 Å². The number of carboxylic acids is 1. The number of benzene rings is 1. The van der Waals surface area contributed by atoms with E-state index >= 15 is 0 Å². The van der Waals surface area contributed by atoms with Gasteiger partial charge in [-0.3, -0.25) is 4.79 Å². The summed E-state index contributed by atoms with van der Waals surface area (Å²) in [6.07, 6.45) is 2.21. The number of hydrogen-bond donors (Lipinski definition) is 1. The van der Waals surface area contributed by atoms with Crippen LogP contribution in [-0.2, 0) is 11.2 Å². The Morgan fingerprint density at radius 3 is 2.44 bits per heavy atom. The predicted molar refractivity (Wildman–Crippen MR) is 65.4 cm³/mol. The minimum Gasteiger partial charge on any atom is -0.494 e. The van der Waals surface area contributed by atoms with Gasteiger partial charge in [0.15, 0.2) is 0 Å². The third-order valence-corrected chi connectivity index (χ3v) is 2.05. The van der Waals surface area contributed by atoms with E-state index in [4.69, 9.17) is 9.84 Å². The quantitative estimate of drug-likeness (QED) is 0.783. The molecule has 0 bridgehead atoms. The number of halogens is 1. The maximum Gasteiger partial charge on any atom is 0.307 e. The first-order valence-corrected chi connectivity index (χ1v) is 5.16. The lowest BCUT2D eigenvalue weighted by atomic mass is 10.1. The van der Waals surface area contributed by atoms with Crippen molar-refractivity contribution >= 4 is 18.4 Å². The Kier molecular flexibility index (Phi) is 7.38. The van der Waals surface area contributed by atoms with Crippen molar-refractivity contribution in [2.75, 3.05) is 6.61 Å². The van der Waals surface area contributed by atoms with Crippen molar-refractivity contribution in [2.45, 2.75) is 26.2 Å². The highest BCUT2D eigenvalue weighted by atomic mass is 35.5. The van der Waals surface area contributed by atoms with Gasteiger partial charge >= 0.3 is 5.97 Å². The number of carbonyl (C=O) groups is 1. The van der Waals surface area contributed by atoms with E-state index in [0.29, 0.717) is 0 Å². The molecule has 90 valence electrons. The lowest BCUT2D eigenvalue weighted by molar-refractivity contribution is -0.136. The van der Waals surface area contributed by atoms with Crippen molar-refractivity contribution in [2.24, 2.45) is 0 Å². The fourth-order valence-electron chi connectivity index (χ4n) is 1.21. The topological polar surface area (TPSA) is 46.5 Å². The molecule has 0 saturated carbocycles. The van der Waals surface area contributed by atoms with Gasteiger partial charge in [0, 0.05) is 0 Å². The highest BCUT2D eigenvalue weighted by molar-refractivity contribution is 5.85. The minimum absolute atomic E-state index is 0. The van der Waals surface area contributed by atoms with Crippen LogP contribution in [-0.4, -0.2) is 17.7 Å². The zero-order valence-corrected chi connectivity index (χ0v) is 10.1. The molecule has 4 heteroatoms. The molecule has 0 aliphatic rings. The highest BCUT2D eigenvalue weighted by Gasteiger charge is 2.00. The number of aliphatic carboxylic acids is 1. The third kappa shape index (κ3) is 5.61. The molecule has 0 saturated heterocycles. The largest absolute Gasteiger partial charge is 0.494 e. The highest BCUT2D eigenvalue weighted by Crippen LogP contribution is 2.13. The first-order valence-electron chi connectivity index (χ1n) is 5.16. The van der Waals surface area contributed by atoms with Gasteiger partial charge in [0.25, 0.3) is 0 Å². The number of carboxylic acid groups (broad SMARTS) is 1. The van der Waals surface area contributed by atoms with E-state index in [1.807, 2.05) is 12.1 Å². The van der Waals surface area contributed by atoms with E-state index in [0.717, 1.165) is 30.8 Å². The second kappa shape index (κ2) is 7.99. The molecule has 0 unspecified atom stereocenters. The van der Waals surface area contributed by atoms with Gasteiger partial charge in [0.1, 0.15) is 5.75 Å². The van der Waals surface area contributed by atoms with Gasteiger partial charge in [-0.1, -0.05) is 25.5 Å². The van der Waals surface area contributed by atoms with Gasteiger partial charge in [-0.25, -0.2) is 0 Å². The molecule has 0 aliphatic heterocycles. The van der Waals surface area contributed by atoms with Crippen LogP contribution < -0.4 is 4.74 Å². The molecule has 0 heterocycles. The fourth-order valence-corrected chi connectivity index (χ4v) is 1.21. The van der Waals surface area contributed by atoms with Crippen molar-refractivity contribution in [3.8, 4) is 5.75 Å². The molecule has 0 radical (unpaired) electrons. The van der Waals surface area contributed by atoms with E-state index < -0.39 is 5.97 Å². The molecule has 1 rings (SSSR count). The van der Waals surface area contributed by atoms with Crippen LogP contribution >= 0.6 is 12.4 Å². The molecule has 0 fully saturated rings. The molecule has 1 N–H and O–H groups in total. The average molecular weight is 245 g/mol. The van der Waals surface area contributed by atoms with Crippen LogP contribution in [0.4, 0.5) is 0 Å². The standard InChI is InChI=1S/C12H16O3.ClH/c1-2-3-8-15-11-6-4-10(5-7-11)9-12(13)14;/h4-7H,2-3,8-9H2,1H3,(H,13,14);1H. The maximum atomic E-state index is 10.4. The molecule has 3 nitrogen and oxygen atoms in total. The van der Waals surface area contributed by atoms with E-state index in [1.54, 1.807) is 12.1 Å². The Morgan fingerprint density at radius 2 is 1.94 bits per heavy atom. The number of hydrogen-bond acceptors (Lipinski definition) is 2. The van der Waals surface area contributed by atoms with Crippen LogP contribution in [0.3, 0.4) is 0 Å². The van der Waals surface area contributed by atoms with Crippen LogP contribution in [0.2, 0.25) is 0 Å². The van der Waals surface area contributed by atoms with Crippen molar-refractivity contribution in [3.05, 3.63) is 29.8 Å². The van der Waals surface area contributed by atoms with Gasteiger partial charge < -0.3 is 9.84 Å². The summed E-state index contributed by atoms with van der Waals surface area (Å²) in [4.78, 5) is 10.4. The van der Waals surface area contributed by atoms with E-state index in [2.05, 4.69) is 6.92 Å². The Bertz CT molecular complexity index is 309. The fraction of sp³-hybridized carbons (Fsp3) is 0.417. The van der Waals surface area contributed by atoms with Crippen molar-refractivity contribution in [1.29, 1.82) is 0 Å². The number of unbranched alkanes of at least 4 members (excludes halogenated alkanes) is 1. The first-order chi connectivity index (χ1) is 7.22. The molecule has 1 aromatic carbocycles. The summed E-state index contributed by atoms with van der Waals surface area (Å²) in [5.74, 6) is -0.00719. The van der Waals surface area contributed by atoms with Gasteiger partial charge in [-0.15, -0.1) is 12.4 Å². The van der Waals surface area contributed by atoms with Gasteiger partial charge in [0.05, 0.1) is 13.0 Å². The van der Waals surface area contributed by atoms with Crippen molar-refractivity contribution in [3.63, 3.8) is 0 Å². The SMILES string of the molecule is CCCCOc1ccc(CC(=O)O)cc1.Cl. The molecular weight excluding hydrogens is 228 g/mol. The molecule has 0 spiro atoms. The average Bonchev–Trinajstić information content (AvgIpc) is 2.20. The number of ether oxygens (including phenoxy) is 1. The normalized spacial score (nSPS) is 9.31. The molecule has 0 aromatic heterocycles. The van der Waals surface area contributed by atoms with E-state index in [9.17, 15) is 4.79 Å². The summed E-state index contributed by atoms with van der Waals surface area (Å²) in [6.45, 7) is 2.83. The molecule has 16 heavy (non-hydrogen) atoms. The van der Waals surface area contributed by atoms with E-state index in [1.165, 1.54) is 0 Å². The summed E-state index contributed by atoms with van der Waals surface area (Å²) < 4.78 is 5.46. The monoisotopic (exact) mass is 244 g/mol. The smallest absolute Gasteiger partial charge is 0.307 e. The Morgan fingerprint density at radius 1 is 1.31 bits per heavy atom. The Labute approximate surface area is 102 Å². The molecule has 0 aliphatic carbocycles. The molecule has 0 amide bonds. The lowest BCUT2D eigenvalue weighted by Gasteiger charge is -2.05. The summed E-state index contributed by atoms with van der Waals surface area (Å²) in [6, 6.07) is 7.20. The van der Waals surface area contributed by atoms with Gasteiger partial charge in [-0.2, -0.15) is 0 Å². The van der Waals surface area contributed by atoms with Crippen LogP contribution in [0.25, 0.3) is 0 Å². The summed E-state index contributed by atoms with van der Waals surface area (Å²) in [5, 5.41) is 8.58. The van der Waals surface area contributed by atoms with Crippen LogP contribution in [0, 0.1) is 0 Å². The van der Waals surface area contributed by atoms with Crippen LogP contribution in [0.15, 0.2) is 24.3 Å².